The first kappa shape index (κ1) is 7.27. The van der Waals surface area contributed by atoms with Crippen molar-refractivity contribution in [3.05, 3.63) is 20.3 Å². The Morgan fingerprint density at radius 2 is 2.22 bits per heavy atom. The third kappa shape index (κ3) is 1.79. The van der Waals surface area contributed by atoms with Crippen LogP contribution in [0.3, 0.4) is 0 Å². The van der Waals surface area contributed by atoms with Crippen molar-refractivity contribution in [3.63, 3.8) is 0 Å². The van der Waals surface area contributed by atoms with Crippen LogP contribution in [0.2, 0.25) is 0 Å². The van der Waals surface area contributed by atoms with Gasteiger partial charge in [0.15, 0.2) is 0 Å². The van der Waals surface area contributed by atoms with Gasteiger partial charge < -0.3 is 0 Å². The minimum atomic E-state index is -0.192. The molecule has 1 rings (SSSR count). The number of nitrogens with zero attached hydrogens (tertiary/aromatic N) is 1. The van der Waals surface area contributed by atoms with Gasteiger partial charge in [0.2, 0.25) is 0 Å². The number of rotatable bonds is 0. The van der Waals surface area contributed by atoms with E-state index < -0.39 is 0 Å². The number of halogens is 2. The summed E-state index contributed by atoms with van der Waals surface area (Å²) in [7, 11) is 0. The van der Waals surface area contributed by atoms with Crippen LogP contribution in [0.5, 0.6) is 5.88 Å². The molecular weight excluding hydrogens is 297 g/mol. The molecule has 4 heteroatoms. The fourth-order valence-electron chi connectivity index (χ4n) is 0.401. The van der Waals surface area contributed by atoms with Crippen molar-refractivity contribution in [3.8, 4) is 5.88 Å². The van der Waals surface area contributed by atoms with Crippen molar-refractivity contribution >= 4 is 38.5 Å². The first-order valence-electron chi connectivity index (χ1n) is 2.19. The van der Waals surface area contributed by atoms with Crippen LogP contribution in [0.1, 0.15) is 0 Å². The van der Waals surface area contributed by atoms with E-state index in [2.05, 4.69) is 20.9 Å². The van der Waals surface area contributed by atoms with Gasteiger partial charge >= 0.3 is 0 Å². The van der Waals surface area contributed by atoms with Crippen LogP contribution in [0.15, 0.2) is 16.6 Å². The van der Waals surface area contributed by atoms with Crippen LogP contribution in [0, 0.1) is 3.70 Å². The highest BCUT2D eigenvalue weighted by molar-refractivity contribution is 14.1. The average Bonchev–Trinajstić information content (AvgIpc) is 1.80. The highest BCUT2D eigenvalue weighted by Gasteiger charge is 1.97. The molecule has 0 atom stereocenters. The Morgan fingerprint density at radius 1 is 1.56 bits per heavy atom. The minimum absolute atomic E-state index is 0.192. The van der Waals surface area contributed by atoms with Crippen LogP contribution in [0.4, 0.5) is 0 Å². The van der Waals surface area contributed by atoms with E-state index in [-0.39, 0.29) is 5.88 Å². The van der Waals surface area contributed by atoms with Gasteiger partial charge in [-0.3, -0.25) is 5.11 Å². The summed E-state index contributed by atoms with van der Waals surface area (Å²) >= 11 is 5.21. The summed E-state index contributed by atoms with van der Waals surface area (Å²) in [4.78, 5) is 3.66. The zero-order valence-electron chi connectivity index (χ0n) is 4.27. The average molecular weight is 299 g/mol. The van der Waals surface area contributed by atoms with Crippen LogP contribution in [0.25, 0.3) is 0 Å². The first-order valence-corrected chi connectivity index (χ1v) is 4.06. The minimum Gasteiger partial charge on any atom is -0.267 e. The highest BCUT2D eigenvalue weighted by atomic mass is 127. The molecule has 0 bridgehead atoms. The van der Waals surface area contributed by atoms with Crippen molar-refractivity contribution in [1.82, 2.24) is 4.98 Å². The van der Waals surface area contributed by atoms with Gasteiger partial charge in [0.05, 0.1) is 0 Å². The second-order valence-corrected chi connectivity index (χ2v) is 3.30. The van der Waals surface area contributed by atoms with Crippen molar-refractivity contribution in [1.29, 1.82) is 0 Å². The van der Waals surface area contributed by atoms with Crippen molar-refractivity contribution in [2.45, 2.75) is 0 Å². The molecule has 0 spiro atoms. The van der Waals surface area contributed by atoms with E-state index in [1.54, 1.807) is 6.07 Å². The van der Waals surface area contributed by atoms with Crippen LogP contribution in [-0.4, -0.2) is 4.98 Å². The van der Waals surface area contributed by atoms with Gasteiger partial charge in [-0.1, -0.05) is 0 Å². The zero-order chi connectivity index (χ0) is 6.85. The molecule has 0 aliphatic heterocycles. The number of pyridine rings is 1. The quantitative estimate of drug-likeness (QED) is 0.535. The topological polar surface area (TPSA) is 32.8 Å². The summed E-state index contributed by atoms with van der Waals surface area (Å²) in [6, 6.07) is 3.11. The molecule has 47 valence electrons. The van der Waals surface area contributed by atoms with Crippen LogP contribution in [-0.2, 0) is 5.11 Å². The smallest absolute Gasteiger partial charge is 0.267 e. The van der Waals surface area contributed by atoms with E-state index in [4.69, 9.17) is 0 Å². The maximum Gasteiger partial charge on any atom is 0.270 e. The summed E-state index contributed by atoms with van der Waals surface area (Å²) < 4.78 is 1.57. The summed E-state index contributed by atoms with van der Waals surface area (Å²) in [5, 5.41) is 10.5. The molecule has 0 aromatic carbocycles. The summed E-state index contributed by atoms with van der Waals surface area (Å²) in [6.07, 6.45) is 0. The molecule has 0 fully saturated rings. The molecule has 1 radical (unpaired) electrons. The predicted octanol–water partition coefficient (Wildman–Crippen LogP) is 2.59. The molecule has 0 amide bonds. The molecule has 0 unspecified atom stereocenters. The van der Waals surface area contributed by atoms with E-state index in [1.807, 2.05) is 22.6 Å². The summed E-state index contributed by atoms with van der Waals surface area (Å²) in [5.41, 5.74) is 0. The van der Waals surface area contributed by atoms with Gasteiger partial charge in [-0.05, 0) is 44.6 Å². The third-order valence-electron chi connectivity index (χ3n) is 0.778. The lowest BCUT2D eigenvalue weighted by Gasteiger charge is -1.90. The Labute approximate surface area is 74.6 Å². The molecule has 0 aliphatic carbocycles. The van der Waals surface area contributed by atoms with Gasteiger partial charge in [-0.15, -0.1) is 0 Å². The Kier molecular flexibility index (Phi) is 2.29. The predicted molar refractivity (Wildman–Crippen MR) is 44.8 cm³/mol. The molecule has 9 heavy (non-hydrogen) atoms. The van der Waals surface area contributed by atoms with Gasteiger partial charge in [-0.25, -0.2) is 4.98 Å². The molecule has 1 aromatic heterocycles. The van der Waals surface area contributed by atoms with Crippen LogP contribution < -0.4 is 0 Å². The Morgan fingerprint density at radius 3 is 2.67 bits per heavy atom. The van der Waals surface area contributed by atoms with E-state index in [0.717, 1.165) is 4.47 Å². The molecule has 0 saturated heterocycles. The molecule has 0 aliphatic rings. The maximum atomic E-state index is 10.5. The lowest BCUT2D eigenvalue weighted by molar-refractivity contribution is 0.336. The standard InChI is InChI=1S/C5H2BrINO/c6-3-1-2-4(9)8-5(3)7/h1-2H. The number of hydrogen-bond donors (Lipinski definition) is 0. The zero-order valence-corrected chi connectivity index (χ0v) is 8.01. The van der Waals surface area contributed by atoms with Crippen molar-refractivity contribution in [2.24, 2.45) is 0 Å². The van der Waals surface area contributed by atoms with Crippen molar-refractivity contribution < 1.29 is 5.11 Å². The van der Waals surface area contributed by atoms with Gasteiger partial charge in [0.1, 0.15) is 3.70 Å². The summed E-state index contributed by atoms with van der Waals surface area (Å²) in [5.74, 6) is -0.192. The molecule has 1 aromatic rings. The van der Waals surface area contributed by atoms with Crippen molar-refractivity contribution in [2.75, 3.05) is 0 Å². The molecule has 1 heterocycles. The molecular formula is C5H2BrINO. The Hall–Kier alpha value is 0.160. The van der Waals surface area contributed by atoms with Gasteiger partial charge in [0.25, 0.3) is 5.88 Å². The second kappa shape index (κ2) is 2.83. The van der Waals surface area contributed by atoms with E-state index in [0.29, 0.717) is 3.70 Å². The number of aromatic nitrogens is 1. The van der Waals surface area contributed by atoms with E-state index in [9.17, 15) is 5.11 Å². The highest BCUT2D eigenvalue weighted by Crippen LogP contribution is 2.19. The van der Waals surface area contributed by atoms with Crippen LogP contribution >= 0.6 is 38.5 Å². The molecule has 2 nitrogen and oxygen atoms in total. The van der Waals surface area contributed by atoms with E-state index >= 15 is 0 Å². The number of hydrogen-bond acceptors (Lipinski definition) is 1. The van der Waals surface area contributed by atoms with Gasteiger partial charge in [0, 0.05) is 10.5 Å². The third-order valence-corrected chi connectivity index (χ3v) is 2.98. The SMILES string of the molecule is [O]c1ccc(Br)c(I)n1. The lowest BCUT2D eigenvalue weighted by Crippen LogP contribution is -1.79. The first-order chi connectivity index (χ1) is 4.20. The van der Waals surface area contributed by atoms with E-state index in [1.165, 1.54) is 6.07 Å². The lowest BCUT2D eigenvalue weighted by atomic mass is 10.5. The Balaban J connectivity index is 3.17. The van der Waals surface area contributed by atoms with Gasteiger partial charge in [-0.2, -0.15) is 0 Å². The fourth-order valence-corrected chi connectivity index (χ4v) is 1.04. The normalized spacial score (nSPS) is 9.56. The summed E-state index contributed by atoms with van der Waals surface area (Å²) in [6.45, 7) is 0. The fraction of sp³-hybridized carbons (Fsp3) is 0. The molecule has 0 N–H and O–H groups in total. The Bertz CT molecular complexity index is 228. The molecule has 0 saturated carbocycles. The largest absolute Gasteiger partial charge is 0.270 e. The monoisotopic (exact) mass is 298 g/mol. The maximum absolute atomic E-state index is 10.5. The second-order valence-electron chi connectivity index (χ2n) is 1.42.